The summed E-state index contributed by atoms with van der Waals surface area (Å²) in [4.78, 5) is 14.4. The van der Waals surface area contributed by atoms with Crippen molar-refractivity contribution in [1.82, 2.24) is 15.5 Å². The zero-order valence-electron chi connectivity index (χ0n) is 15.3. The van der Waals surface area contributed by atoms with Crippen molar-refractivity contribution in [3.05, 3.63) is 65.7 Å². The largest absolute Gasteiger partial charge is 0.489 e. The number of amides is 1. The summed E-state index contributed by atoms with van der Waals surface area (Å²) in [6.07, 6.45) is 0. The van der Waals surface area contributed by atoms with E-state index in [0.29, 0.717) is 25.7 Å². The van der Waals surface area contributed by atoms with E-state index in [1.807, 2.05) is 54.6 Å². The van der Waals surface area contributed by atoms with Gasteiger partial charge in [0.25, 0.3) is 0 Å². The molecule has 0 aliphatic carbocycles. The average Bonchev–Trinajstić information content (AvgIpc) is 2.68. The number of carbonyl (C=O) groups excluding carboxylic acids is 1. The first-order valence-electron chi connectivity index (χ1n) is 9.18. The Hall–Kier alpha value is -2.37. The highest BCUT2D eigenvalue weighted by molar-refractivity contribution is 5.78. The molecular weight excluding hydrogens is 326 g/mol. The molecule has 0 unspecified atom stereocenters. The summed E-state index contributed by atoms with van der Waals surface area (Å²) >= 11 is 0. The van der Waals surface area contributed by atoms with Gasteiger partial charge in [-0.25, -0.2) is 0 Å². The zero-order chi connectivity index (χ0) is 18.2. The number of rotatable bonds is 7. The third kappa shape index (κ3) is 5.58. The molecule has 2 N–H and O–H groups in total. The smallest absolute Gasteiger partial charge is 0.234 e. The van der Waals surface area contributed by atoms with Crippen molar-refractivity contribution in [3.63, 3.8) is 0 Å². The Morgan fingerprint density at radius 1 is 1.15 bits per heavy atom. The Balaban J connectivity index is 1.41. The number of piperazine rings is 1. The van der Waals surface area contributed by atoms with E-state index in [2.05, 4.69) is 22.5 Å². The number of benzene rings is 2. The molecule has 1 amide bonds. The minimum Gasteiger partial charge on any atom is -0.489 e. The van der Waals surface area contributed by atoms with Crippen molar-refractivity contribution in [1.29, 1.82) is 0 Å². The molecule has 1 atom stereocenters. The van der Waals surface area contributed by atoms with Gasteiger partial charge < -0.3 is 15.4 Å². The molecule has 1 aliphatic rings. The molecule has 5 heteroatoms. The van der Waals surface area contributed by atoms with Gasteiger partial charge in [-0.3, -0.25) is 9.69 Å². The Bertz CT molecular complexity index is 688. The fraction of sp³-hybridized carbons (Fsp3) is 0.381. The van der Waals surface area contributed by atoms with Gasteiger partial charge >= 0.3 is 0 Å². The number of hydrogen-bond donors (Lipinski definition) is 2. The van der Waals surface area contributed by atoms with Gasteiger partial charge in [0.2, 0.25) is 5.91 Å². The SMILES string of the molecule is C[C@H]1CNCCN1CC(=O)NCc1ccc(COc2ccccc2)cc1. The summed E-state index contributed by atoms with van der Waals surface area (Å²) in [5.41, 5.74) is 2.20. The molecule has 138 valence electrons. The fourth-order valence-electron chi connectivity index (χ4n) is 3.00. The van der Waals surface area contributed by atoms with Gasteiger partial charge in [-0.2, -0.15) is 0 Å². The van der Waals surface area contributed by atoms with Crippen LogP contribution < -0.4 is 15.4 Å². The molecule has 0 spiro atoms. The standard InChI is InChI=1S/C21H27N3O2/c1-17-13-22-11-12-24(17)15-21(25)23-14-18-7-9-19(10-8-18)16-26-20-5-3-2-4-6-20/h2-10,17,22H,11-16H2,1H3,(H,23,25)/t17-/m0/s1. The van der Waals surface area contributed by atoms with Crippen LogP contribution in [0.5, 0.6) is 5.75 Å². The first kappa shape index (κ1) is 18.4. The lowest BCUT2D eigenvalue weighted by molar-refractivity contribution is -0.123. The van der Waals surface area contributed by atoms with Gasteiger partial charge in [0, 0.05) is 32.2 Å². The molecule has 26 heavy (non-hydrogen) atoms. The Morgan fingerprint density at radius 3 is 2.62 bits per heavy atom. The van der Waals surface area contributed by atoms with Crippen LogP contribution in [0.2, 0.25) is 0 Å². The van der Waals surface area contributed by atoms with Crippen LogP contribution in [0.3, 0.4) is 0 Å². The predicted molar refractivity (Wildman–Crippen MR) is 103 cm³/mol. The number of ether oxygens (including phenoxy) is 1. The summed E-state index contributed by atoms with van der Waals surface area (Å²) in [7, 11) is 0. The second-order valence-electron chi connectivity index (χ2n) is 6.72. The van der Waals surface area contributed by atoms with E-state index in [1.165, 1.54) is 0 Å². The van der Waals surface area contributed by atoms with Crippen molar-refractivity contribution >= 4 is 5.91 Å². The molecule has 3 rings (SSSR count). The monoisotopic (exact) mass is 353 g/mol. The molecule has 1 saturated heterocycles. The third-order valence-corrected chi connectivity index (χ3v) is 4.65. The number of para-hydroxylation sites is 1. The number of carbonyl (C=O) groups is 1. The quantitative estimate of drug-likeness (QED) is 0.801. The van der Waals surface area contributed by atoms with E-state index in [0.717, 1.165) is 36.5 Å². The van der Waals surface area contributed by atoms with Gasteiger partial charge in [0.05, 0.1) is 6.54 Å². The van der Waals surface area contributed by atoms with Crippen LogP contribution in [0.15, 0.2) is 54.6 Å². The topological polar surface area (TPSA) is 53.6 Å². The van der Waals surface area contributed by atoms with Crippen LogP contribution in [-0.4, -0.2) is 43.0 Å². The van der Waals surface area contributed by atoms with E-state index in [4.69, 9.17) is 4.74 Å². The second kappa shape index (κ2) is 9.36. The molecule has 5 nitrogen and oxygen atoms in total. The van der Waals surface area contributed by atoms with Gasteiger partial charge in [0.15, 0.2) is 0 Å². The van der Waals surface area contributed by atoms with Crippen LogP contribution in [0.4, 0.5) is 0 Å². The Morgan fingerprint density at radius 2 is 1.88 bits per heavy atom. The molecule has 1 aliphatic heterocycles. The van der Waals surface area contributed by atoms with Crippen molar-refractivity contribution in [3.8, 4) is 5.75 Å². The maximum Gasteiger partial charge on any atom is 0.234 e. The second-order valence-corrected chi connectivity index (χ2v) is 6.72. The Kier molecular flexibility index (Phi) is 6.63. The molecule has 0 aromatic heterocycles. The van der Waals surface area contributed by atoms with Gasteiger partial charge in [-0.1, -0.05) is 42.5 Å². The van der Waals surface area contributed by atoms with Crippen LogP contribution in [-0.2, 0) is 17.9 Å². The highest BCUT2D eigenvalue weighted by Crippen LogP contribution is 2.12. The lowest BCUT2D eigenvalue weighted by atomic mass is 10.1. The van der Waals surface area contributed by atoms with Crippen LogP contribution in [0, 0.1) is 0 Å². The number of hydrogen-bond acceptors (Lipinski definition) is 4. The van der Waals surface area contributed by atoms with Gasteiger partial charge in [0.1, 0.15) is 12.4 Å². The molecular formula is C21H27N3O2. The molecule has 0 radical (unpaired) electrons. The van der Waals surface area contributed by atoms with Gasteiger partial charge in [-0.15, -0.1) is 0 Å². The molecule has 1 fully saturated rings. The minimum atomic E-state index is 0.0789. The predicted octanol–water partition coefficient (Wildman–Crippen LogP) is 2.18. The maximum atomic E-state index is 12.2. The summed E-state index contributed by atoms with van der Waals surface area (Å²) in [6.45, 7) is 6.52. The van der Waals surface area contributed by atoms with E-state index in [1.54, 1.807) is 0 Å². The summed E-state index contributed by atoms with van der Waals surface area (Å²) in [5, 5.41) is 6.35. The molecule has 2 aromatic rings. The first-order valence-corrected chi connectivity index (χ1v) is 9.18. The zero-order valence-corrected chi connectivity index (χ0v) is 15.3. The molecule has 2 aromatic carbocycles. The lowest BCUT2D eigenvalue weighted by Gasteiger charge is -2.33. The third-order valence-electron chi connectivity index (χ3n) is 4.65. The summed E-state index contributed by atoms with van der Waals surface area (Å²) < 4.78 is 5.74. The number of nitrogens with one attached hydrogen (secondary N) is 2. The van der Waals surface area contributed by atoms with E-state index in [9.17, 15) is 4.79 Å². The van der Waals surface area contributed by atoms with Crippen LogP contribution >= 0.6 is 0 Å². The molecule has 1 heterocycles. The normalized spacial score (nSPS) is 17.7. The fourth-order valence-corrected chi connectivity index (χ4v) is 3.00. The molecule has 0 saturated carbocycles. The van der Waals surface area contributed by atoms with Crippen molar-refractivity contribution in [2.45, 2.75) is 26.1 Å². The first-order chi connectivity index (χ1) is 12.7. The van der Waals surface area contributed by atoms with Crippen LogP contribution in [0.1, 0.15) is 18.1 Å². The lowest BCUT2D eigenvalue weighted by Crippen LogP contribution is -2.52. The molecule has 0 bridgehead atoms. The average molecular weight is 353 g/mol. The van der Waals surface area contributed by atoms with E-state index < -0.39 is 0 Å². The number of nitrogens with zero attached hydrogens (tertiary/aromatic N) is 1. The van der Waals surface area contributed by atoms with Crippen molar-refractivity contribution in [2.75, 3.05) is 26.2 Å². The minimum absolute atomic E-state index is 0.0789. The Labute approximate surface area is 155 Å². The van der Waals surface area contributed by atoms with E-state index in [-0.39, 0.29) is 5.91 Å². The van der Waals surface area contributed by atoms with Crippen molar-refractivity contribution in [2.24, 2.45) is 0 Å². The maximum absolute atomic E-state index is 12.2. The summed E-state index contributed by atoms with van der Waals surface area (Å²) in [6, 6.07) is 18.4. The van der Waals surface area contributed by atoms with Crippen LogP contribution in [0.25, 0.3) is 0 Å². The van der Waals surface area contributed by atoms with E-state index >= 15 is 0 Å². The van der Waals surface area contributed by atoms with Crippen molar-refractivity contribution < 1.29 is 9.53 Å². The highest BCUT2D eigenvalue weighted by atomic mass is 16.5. The van der Waals surface area contributed by atoms with Gasteiger partial charge in [-0.05, 0) is 30.2 Å². The highest BCUT2D eigenvalue weighted by Gasteiger charge is 2.19. The summed E-state index contributed by atoms with van der Waals surface area (Å²) in [5.74, 6) is 0.946.